The Hall–Kier alpha value is -3.49. The number of hydrogen-bond acceptors (Lipinski definition) is 5. The Morgan fingerprint density at radius 3 is 1.94 bits per heavy atom. The summed E-state index contributed by atoms with van der Waals surface area (Å²) < 4.78 is 4.69. The fraction of sp³-hybridized carbons (Fsp3) is 0.370. The second-order valence-electron chi connectivity index (χ2n) is 9.33. The Kier molecular flexibility index (Phi) is 6.66. The first-order chi connectivity index (χ1) is 17.0. The molecule has 3 heterocycles. The fourth-order valence-corrected chi connectivity index (χ4v) is 4.89. The van der Waals surface area contributed by atoms with Crippen LogP contribution in [0.2, 0.25) is 0 Å². The summed E-state index contributed by atoms with van der Waals surface area (Å²) >= 11 is 0. The van der Waals surface area contributed by atoms with Crippen molar-refractivity contribution in [3.05, 3.63) is 98.5 Å². The number of aromatic nitrogens is 4. The summed E-state index contributed by atoms with van der Waals surface area (Å²) in [4.78, 5) is 35.4. The summed E-state index contributed by atoms with van der Waals surface area (Å²) in [5.74, 6) is 0.839. The van der Waals surface area contributed by atoms with E-state index in [1.165, 1.54) is 27.3 Å². The van der Waals surface area contributed by atoms with Crippen molar-refractivity contribution < 1.29 is 0 Å². The van der Waals surface area contributed by atoms with E-state index in [4.69, 9.17) is 4.98 Å². The smallest absolute Gasteiger partial charge is 0.321 e. The van der Waals surface area contributed by atoms with Crippen molar-refractivity contribution in [1.82, 2.24) is 28.5 Å². The first-order valence-electron chi connectivity index (χ1n) is 12.2. The van der Waals surface area contributed by atoms with Crippen LogP contribution in [-0.4, -0.2) is 54.7 Å². The van der Waals surface area contributed by atoms with Gasteiger partial charge < -0.3 is 4.57 Å². The summed E-state index contributed by atoms with van der Waals surface area (Å²) in [5.41, 5.74) is 2.86. The van der Waals surface area contributed by atoms with Crippen molar-refractivity contribution in [2.24, 2.45) is 14.1 Å². The lowest BCUT2D eigenvalue weighted by Gasteiger charge is -2.34. The van der Waals surface area contributed by atoms with Crippen LogP contribution in [0, 0.1) is 0 Å². The van der Waals surface area contributed by atoms with Crippen LogP contribution in [0.3, 0.4) is 0 Å². The molecule has 0 amide bonds. The highest BCUT2D eigenvalue weighted by molar-refractivity contribution is 5.71. The molecule has 8 nitrogen and oxygen atoms in total. The molecule has 0 radical (unpaired) electrons. The van der Waals surface area contributed by atoms with E-state index in [-0.39, 0.29) is 11.2 Å². The van der Waals surface area contributed by atoms with E-state index in [1.807, 2.05) is 22.8 Å². The van der Waals surface area contributed by atoms with Gasteiger partial charge in [0.05, 0.1) is 6.54 Å². The molecule has 8 heteroatoms. The largest absolute Gasteiger partial charge is 0.332 e. The molecule has 1 aliphatic heterocycles. The lowest BCUT2D eigenvalue weighted by atomic mass is 10.1. The van der Waals surface area contributed by atoms with Crippen molar-refractivity contribution in [2.75, 3.05) is 26.2 Å². The standard InChI is InChI=1S/C27H32N6O2/c1-29-25-24(26(34)30(2)27(29)35)33(14-13-21-9-5-3-6-10-21)23(28-25)20-32-17-15-31(16-18-32)19-22-11-7-4-8-12-22/h3-12H,13-20H2,1-2H3. The van der Waals surface area contributed by atoms with Crippen LogP contribution in [0.25, 0.3) is 11.2 Å². The van der Waals surface area contributed by atoms with Crippen LogP contribution in [0.5, 0.6) is 0 Å². The van der Waals surface area contributed by atoms with Crippen molar-refractivity contribution in [2.45, 2.75) is 26.1 Å². The van der Waals surface area contributed by atoms with Crippen LogP contribution in [0.4, 0.5) is 0 Å². The summed E-state index contributed by atoms with van der Waals surface area (Å²) in [7, 11) is 3.22. The van der Waals surface area contributed by atoms with Gasteiger partial charge in [0.1, 0.15) is 5.82 Å². The van der Waals surface area contributed by atoms with Gasteiger partial charge in [-0.05, 0) is 17.5 Å². The highest BCUT2D eigenvalue weighted by atomic mass is 16.2. The van der Waals surface area contributed by atoms with E-state index in [0.29, 0.717) is 24.3 Å². The van der Waals surface area contributed by atoms with E-state index >= 15 is 0 Å². The zero-order valence-electron chi connectivity index (χ0n) is 20.4. The third-order valence-corrected chi connectivity index (χ3v) is 6.97. The van der Waals surface area contributed by atoms with Crippen LogP contribution >= 0.6 is 0 Å². The number of fused-ring (bicyclic) bond motifs is 1. The molecule has 0 atom stereocenters. The average molecular weight is 473 g/mol. The quantitative estimate of drug-likeness (QED) is 0.412. The molecule has 2 aromatic heterocycles. The van der Waals surface area contributed by atoms with Gasteiger partial charge >= 0.3 is 5.69 Å². The van der Waals surface area contributed by atoms with Gasteiger partial charge in [0.15, 0.2) is 11.2 Å². The second-order valence-corrected chi connectivity index (χ2v) is 9.33. The molecule has 4 aromatic rings. The average Bonchev–Trinajstić information content (AvgIpc) is 3.25. The Bertz CT molecular complexity index is 1410. The van der Waals surface area contributed by atoms with E-state index in [0.717, 1.165) is 45.0 Å². The minimum Gasteiger partial charge on any atom is -0.321 e. The molecule has 0 saturated carbocycles. The maximum absolute atomic E-state index is 13.1. The molecule has 182 valence electrons. The topological polar surface area (TPSA) is 68.3 Å². The van der Waals surface area contributed by atoms with Gasteiger partial charge in [-0.2, -0.15) is 0 Å². The lowest BCUT2D eigenvalue weighted by Crippen LogP contribution is -2.45. The minimum atomic E-state index is -0.351. The maximum Gasteiger partial charge on any atom is 0.332 e. The number of hydrogen-bond donors (Lipinski definition) is 0. The SMILES string of the molecule is Cn1c(=O)c2c(nc(CN3CCN(Cc4ccccc4)CC3)n2CCc2ccccc2)n(C)c1=O. The summed E-state index contributed by atoms with van der Waals surface area (Å²) in [6.45, 7) is 6.09. The van der Waals surface area contributed by atoms with Gasteiger partial charge in [-0.3, -0.25) is 23.7 Å². The molecule has 0 aliphatic carbocycles. The van der Waals surface area contributed by atoms with E-state index in [2.05, 4.69) is 52.3 Å². The van der Waals surface area contributed by atoms with Gasteiger partial charge in [-0.15, -0.1) is 0 Å². The number of piperazine rings is 1. The third-order valence-electron chi connectivity index (χ3n) is 6.97. The van der Waals surface area contributed by atoms with Crippen molar-refractivity contribution >= 4 is 11.2 Å². The molecule has 1 aliphatic rings. The lowest BCUT2D eigenvalue weighted by molar-refractivity contribution is 0.119. The predicted octanol–water partition coefficient (Wildman–Crippen LogP) is 1.99. The summed E-state index contributed by atoms with van der Waals surface area (Å²) in [5, 5.41) is 0. The fourth-order valence-electron chi connectivity index (χ4n) is 4.89. The van der Waals surface area contributed by atoms with Crippen LogP contribution in [0.15, 0.2) is 70.3 Å². The number of aryl methyl sites for hydroxylation is 3. The van der Waals surface area contributed by atoms with E-state index in [1.54, 1.807) is 7.05 Å². The Labute approximate surface area is 204 Å². The number of nitrogens with zero attached hydrogens (tertiary/aromatic N) is 6. The van der Waals surface area contributed by atoms with E-state index in [9.17, 15) is 9.59 Å². The molecule has 2 aromatic carbocycles. The van der Waals surface area contributed by atoms with Crippen LogP contribution in [0.1, 0.15) is 17.0 Å². The summed E-state index contributed by atoms with van der Waals surface area (Å²) in [6, 6.07) is 20.8. The van der Waals surface area contributed by atoms with Gasteiger partial charge in [-0.25, -0.2) is 9.78 Å². The minimum absolute atomic E-state index is 0.289. The van der Waals surface area contributed by atoms with Crippen LogP contribution in [-0.2, 0) is 40.2 Å². The molecule has 5 rings (SSSR count). The molecular formula is C27H32N6O2. The molecular weight excluding hydrogens is 440 g/mol. The van der Waals surface area contributed by atoms with Crippen molar-refractivity contribution in [3.8, 4) is 0 Å². The van der Waals surface area contributed by atoms with Crippen LogP contribution < -0.4 is 11.2 Å². The third kappa shape index (κ3) is 4.85. The first-order valence-corrected chi connectivity index (χ1v) is 12.2. The molecule has 0 bridgehead atoms. The van der Waals surface area contributed by atoms with Gasteiger partial charge in [0.2, 0.25) is 0 Å². The Balaban J connectivity index is 1.39. The monoisotopic (exact) mass is 472 g/mol. The Morgan fingerprint density at radius 1 is 0.743 bits per heavy atom. The maximum atomic E-state index is 13.1. The highest BCUT2D eigenvalue weighted by Gasteiger charge is 2.23. The van der Waals surface area contributed by atoms with Gasteiger partial charge in [-0.1, -0.05) is 60.7 Å². The zero-order chi connectivity index (χ0) is 24.4. The molecule has 35 heavy (non-hydrogen) atoms. The molecule has 1 fully saturated rings. The molecule has 0 unspecified atom stereocenters. The number of imidazole rings is 1. The zero-order valence-corrected chi connectivity index (χ0v) is 20.4. The van der Waals surface area contributed by atoms with Gasteiger partial charge in [0.25, 0.3) is 5.56 Å². The van der Waals surface area contributed by atoms with Crippen molar-refractivity contribution in [3.63, 3.8) is 0 Å². The summed E-state index contributed by atoms with van der Waals surface area (Å²) in [6.07, 6.45) is 0.788. The van der Waals surface area contributed by atoms with Gasteiger partial charge in [0, 0.05) is 53.4 Å². The van der Waals surface area contributed by atoms with E-state index < -0.39 is 0 Å². The normalized spacial score (nSPS) is 15.1. The predicted molar refractivity (Wildman–Crippen MR) is 137 cm³/mol. The molecule has 0 N–H and O–H groups in total. The second kappa shape index (κ2) is 10.0. The highest BCUT2D eigenvalue weighted by Crippen LogP contribution is 2.17. The number of rotatable bonds is 7. The first kappa shape index (κ1) is 23.3. The molecule has 1 saturated heterocycles. The Morgan fingerprint density at radius 2 is 1.31 bits per heavy atom. The van der Waals surface area contributed by atoms with Crippen molar-refractivity contribution in [1.29, 1.82) is 0 Å². The number of benzene rings is 2. The molecule has 0 spiro atoms.